The molecule has 2 aromatic rings. The van der Waals surface area contributed by atoms with Crippen molar-refractivity contribution in [3.05, 3.63) is 52.3 Å². The van der Waals surface area contributed by atoms with Gasteiger partial charge in [0.25, 0.3) is 5.91 Å². The predicted molar refractivity (Wildman–Crippen MR) is 88.8 cm³/mol. The molecule has 1 amide bonds. The fourth-order valence-electron chi connectivity index (χ4n) is 3.44. The number of aryl methyl sites for hydroxylation is 1. The van der Waals surface area contributed by atoms with Gasteiger partial charge in [0.1, 0.15) is 11.6 Å². The summed E-state index contributed by atoms with van der Waals surface area (Å²) in [6.07, 6.45) is 0. The highest BCUT2D eigenvalue weighted by molar-refractivity contribution is 6.10. The Kier molecular flexibility index (Phi) is 3.75. The Morgan fingerprint density at radius 3 is 2.46 bits per heavy atom. The summed E-state index contributed by atoms with van der Waals surface area (Å²) in [6, 6.07) is 7.01. The minimum atomic E-state index is -0.957. The standard InChI is InChI=1S/C18H18N2O4/c1-9-15(11(3)21)10(2)19-16(9)17(22)20-8-13(18(23)24)12-6-4-5-7-14(12)20/h4-7,13,19H,8H2,1-3H3,(H,23,24)/t13-/m1/s1. The second-order valence-electron chi connectivity index (χ2n) is 6.05. The number of hydrogen-bond donors (Lipinski definition) is 2. The topological polar surface area (TPSA) is 90.5 Å². The zero-order valence-corrected chi connectivity index (χ0v) is 13.7. The highest BCUT2D eigenvalue weighted by Gasteiger charge is 2.37. The van der Waals surface area contributed by atoms with Gasteiger partial charge in [-0.2, -0.15) is 0 Å². The van der Waals surface area contributed by atoms with Crippen LogP contribution >= 0.6 is 0 Å². The first-order valence-electron chi connectivity index (χ1n) is 7.66. The summed E-state index contributed by atoms with van der Waals surface area (Å²) in [7, 11) is 0. The number of ketones is 1. The molecular formula is C18H18N2O4. The van der Waals surface area contributed by atoms with Gasteiger partial charge in [0.05, 0.1) is 0 Å². The van der Waals surface area contributed by atoms with E-state index in [2.05, 4.69) is 4.98 Å². The van der Waals surface area contributed by atoms with Crippen LogP contribution in [0.25, 0.3) is 0 Å². The molecule has 2 N–H and O–H groups in total. The number of aliphatic carboxylic acids is 1. The van der Waals surface area contributed by atoms with Crippen molar-refractivity contribution in [2.75, 3.05) is 11.4 Å². The highest BCUT2D eigenvalue weighted by Crippen LogP contribution is 2.37. The van der Waals surface area contributed by atoms with Crippen LogP contribution < -0.4 is 4.90 Å². The first kappa shape index (κ1) is 16.0. The van der Waals surface area contributed by atoms with Crippen LogP contribution in [0.2, 0.25) is 0 Å². The number of amides is 1. The fourth-order valence-corrected chi connectivity index (χ4v) is 3.44. The van der Waals surface area contributed by atoms with E-state index in [0.29, 0.717) is 33.8 Å². The Bertz CT molecular complexity index is 866. The number of aromatic nitrogens is 1. The maximum Gasteiger partial charge on any atom is 0.312 e. The van der Waals surface area contributed by atoms with E-state index in [-0.39, 0.29) is 18.2 Å². The van der Waals surface area contributed by atoms with E-state index in [1.165, 1.54) is 11.8 Å². The summed E-state index contributed by atoms with van der Waals surface area (Å²) >= 11 is 0. The Morgan fingerprint density at radius 2 is 1.88 bits per heavy atom. The van der Waals surface area contributed by atoms with Crippen molar-refractivity contribution in [2.45, 2.75) is 26.7 Å². The number of carbonyl (C=O) groups excluding carboxylic acids is 2. The normalized spacial score (nSPS) is 16.1. The third-order valence-corrected chi connectivity index (χ3v) is 4.51. The molecule has 1 aliphatic rings. The Morgan fingerprint density at radius 1 is 1.21 bits per heavy atom. The summed E-state index contributed by atoms with van der Waals surface area (Å²) in [4.78, 5) is 40.7. The number of para-hydroxylation sites is 1. The Hall–Kier alpha value is -2.89. The van der Waals surface area contributed by atoms with E-state index in [0.717, 1.165) is 0 Å². The highest BCUT2D eigenvalue weighted by atomic mass is 16.4. The zero-order valence-electron chi connectivity index (χ0n) is 13.7. The number of nitrogens with zero attached hydrogens (tertiary/aromatic N) is 1. The van der Waals surface area contributed by atoms with Gasteiger partial charge in [0.2, 0.25) is 0 Å². The van der Waals surface area contributed by atoms with Crippen molar-refractivity contribution >= 4 is 23.3 Å². The second-order valence-corrected chi connectivity index (χ2v) is 6.05. The SMILES string of the molecule is CC(=O)c1c(C)[nH]c(C(=O)N2C[C@@H](C(=O)O)c3ccccc32)c1C. The van der Waals surface area contributed by atoms with Gasteiger partial charge in [-0.1, -0.05) is 18.2 Å². The maximum absolute atomic E-state index is 13.0. The van der Waals surface area contributed by atoms with Crippen molar-refractivity contribution in [3.63, 3.8) is 0 Å². The third kappa shape index (κ3) is 2.31. The molecule has 24 heavy (non-hydrogen) atoms. The summed E-state index contributed by atoms with van der Waals surface area (Å²) < 4.78 is 0. The number of nitrogens with one attached hydrogen (secondary N) is 1. The van der Waals surface area contributed by atoms with E-state index in [9.17, 15) is 19.5 Å². The van der Waals surface area contributed by atoms with Crippen LogP contribution in [-0.4, -0.2) is 34.3 Å². The van der Waals surface area contributed by atoms with Crippen molar-refractivity contribution < 1.29 is 19.5 Å². The second kappa shape index (κ2) is 5.63. The number of anilines is 1. The maximum atomic E-state index is 13.0. The number of carboxylic acid groups (broad SMARTS) is 1. The Balaban J connectivity index is 2.05. The lowest BCUT2D eigenvalue weighted by atomic mass is 10.0. The van der Waals surface area contributed by atoms with Gasteiger partial charge in [-0.3, -0.25) is 14.4 Å². The van der Waals surface area contributed by atoms with Crippen molar-refractivity contribution in [3.8, 4) is 0 Å². The number of H-pyrrole nitrogens is 1. The molecule has 0 spiro atoms. The van der Waals surface area contributed by atoms with E-state index in [1.54, 1.807) is 38.1 Å². The summed E-state index contributed by atoms with van der Waals surface area (Å²) in [5, 5.41) is 9.42. The first-order chi connectivity index (χ1) is 11.3. The van der Waals surface area contributed by atoms with Gasteiger partial charge >= 0.3 is 5.97 Å². The lowest BCUT2D eigenvalue weighted by molar-refractivity contribution is -0.138. The van der Waals surface area contributed by atoms with Gasteiger partial charge in [0, 0.05) is 23.5 Å². The average molecular weight is 326 g/mol. The van der Waals surface area contributed by atoms with E-state index >= 15 is 0 Å². The monoisotopic (exact) mass is 326 g/mol. The number of aromatic amines is 1. The van der Waals surface area contributed by atoms with Gasteiger partial charge in [0.15, 0.2) is 5.78 Å². The molecule has 0 fully saturated rings. The van der Waals surface area contributed by atoms with Gasteiger partial charge in [-0.25, -0.2) is 0 Å². The average Bonchev–Trinajstić information content (AvgIpc) is 3.04. The molecule has 0 saturated heterocycles. The van der Waals surface area contributed by atoms with Crippen LogP contribution in [0.4, 0.5) is 5.69 Å². The quantitative estimate of drug-likeness (QED) is 0.848. The van der Waals surface area contributed by atoms with Crippen LogP contribution in [0.3, 0.4) is 0 Å². The molecule has 124 valence electrons. The zero-order chi connectivity index (χ0) is 17.6. The van der Waals surface area contributed by atoms with Gasteiger partial charge < -0.3 is 15.0 Å². The molecule has 0 aliphatic carbocycles. The van der Waals surface area contributed by atoms with Crippen LogP contribution in [0.15, 0.2) is 24.3 Å². The van der Waals surface area contributed by atoms with Crippen molar-refractivity contribution in [1.29, 1.82) is 0 Å². The summed E-state index contributed by atoms with van der Waals surface area (Å²) in [5.41, 5.74) is 3.32. The molecule has 2 heterocycles. The number of hydrogen-bond acceptors (Lipinski definition) is 3. The molecule has 6 nitrogen and oxygen atoms in total. The predicted octanol–water partition coefficient (Wildman–Crippen LogP) is 2.66. The summed E-state index contributed by atoms with van der Waals surface area (Å²) in [6.45, 7) is 5.02. The molecule has 1 aromatic carbocycles. The molecule has 0 saturated carbocycles. The summed E-state index contributed by atoms with van der Waals surface area (Å²) in [5.74, 6) is -2.12. The molecule has 0 radical (unpaired) electrons. The molecule has 1 aliphatic heterocycles. The third-order valence-electron chi connectivity index (χ3n) is 4.51. The van der Waals surface area contributed by atoms with E-state index < -0.39 is 11.9 Å². The van der Waals surface area contributed by atoms with Crippen molar-refractivity contribution in [1.82, 2.24) is 4.98 Å². The molecule has 3 rings (SSSR count). The number of benzene rings is 1. The first-order valence-corrected chi connectivity index (χ1v) is 7.66. The minimum absolute atomic E-state index is 0.0838. The number of rotatable bonds is 3. The number of carbonyl (C=O) groups is 3. The van der Waals surface area contributed by atoms with E-state index in [1.807, 2.05) is 0 Å². The molecule has 0 bridgehead atoms. The lowest BCUT2D eigenvalue weighted by Gasteiger charge is -2.17. The number of fused-ring (bicyclic) bond motifs is 1. The van der Waals surface area contributed by atoms with Gasteiger partial charge in [-0.05, 0) is 38.0 Å². The molecule has 1 aromatic heterocycles. The van der Waals surface area contributed by atoms with Crippen LogP contribution in [0.1, 0.15) is 50.5 Å². The Labute approximate surface area is 139 Å². The smallest absolute Gasteiger partial charge is 0.312 e. The largest absolute Gasteiger partial charge is 0.481 e. The molecule has 1 atom stereocenters. The number of carboxylic acids is 1. The van der Waals surface area contributed by atoms with E-state index in [4.69, 9.17) is 0 Å². The minimum Gasteiger partial charge on any atom is -0.481 e. The van der Waals surface area contributed by atoms with Crippen molar-refractivity contribution in [2.24, 2.45) is 0 Å². The lowest BCUT2D eigenvalue weighted by Crippen LogP contribution is -2.32. The van der Waals surface area contributed by atoms with Crippen LogP contribution in [0.5, 0.6) is 0 Å². The fraction of sp³-hybridized carbons (Fsp3) is 0.278. The van der Waals surface area contributed by atoms with Gasteiger partial charge in [-0.15, -0.1) is 0 Å². The molecule has 6 heteroatoms. The van der Waals surface area contributed by atoms with Crippen LogP contribution in [0, 0.1) is 13.8 Å². The molecular weight excluding hydrogens is 308 g/mol. The number of Topliss-reactive ketones (excluding diaryl/α,β-unsaturated/α-hetero) is 1. The van der Waals surface area contributed by atoms with Crippen LogP contribution in [-0.2, 0) is 4.79 Å². The molecule has 0 unspecified atom stereocenters.